The third-order valence-corrected chi connectivity index (χ3v) is 5.76. The quantitative estimate of drug-likeness (QED) is 0.124. The van der Waals surface area contributed by atoms with E-state index in [1.807, 2.05) is 0 Å². The molecule has 0 radical (unpaired) electrons. The number of carbonyl (C=O) groups excluding carboxylic acids is 4. The largest absolute Gasteiger partial charge is 0.490 e. The van der Waals surface area contributed by atoms with Gasteiger partial charge in [0, 0.05) is 13.0 Å². The van der Waals surface area contributed by atoms with Gasteiger partial charge in [-0.05, 0) is 64.2 Å². The van der Waals surface area contributed by atoms with Crippen molar-refractivity contribution in [2.75, 3.05) is 20.3 Å². The van der Waals surface area contributed by atoms with Crippen LogP contribution in [-0.2, 0) is 30.3 Å². The van der Waals surface area contributed by atoms with Crippen LogP contribution in [0.4, 0.5) is 9.59 Å². The minimum absolute atomic E-state index is 0.0272. The van der Waals surface area contributed by atoms with Gasteiger partial charge in [-0.25, -0.2) is 14.4 Å². The van der Waals surface area contributed by atoms with Crippen LogP contribution >= 0.6 is 0 Å². The number of rotatable bonds is 18. The second-order valence-electron chi connectivity index (χ2n) is 10.5. The Morgan fingerprint density at radius 2 is 1.51 bits per heavy atom. The normalized spacial score (nSPS) is 12.8. The number of hydrogen-bond acceptors (Lipinski definition) is 8. The monoisotopic (exact) mass is 604 g/mol. The Morgan fingerprint density at radius 3 is 2.07 bits per heavy atom. The van der Waals surface area contributed by atoms with Gasteiger partial charge in [0.05, 0.1) is 7.11 Å². The fraction of sp³-hybridized carbons (Fsp3) is 0.500. The number of nitrogens with one attached hydrogen (secondary N) is 4. The van der Waals surface area contributed by atoms with E-state index >= 15 is 0 Å². The van der Waals surface area contributed by atoms with Crippen LogP contribution in [0.1, 0.15) is 52.0 Å². The summed E-state index contributed by atoms with van der Waals surface area (Å²) in [5, 5.41) is 19.6. The van der Waals surface area contributed by atoms with Crippen molar-refractivity contribution in [1.82, 2.24) is 21.3 Å². The number of unbranched alkanes of at least 4 members (excludes halogenated alkanes) is 1. The highest BCUT2D eigenvalue weighted by Crippen LogP contribution is 2.14. The first kappa shape index (κ1) is 36.5. The fourth-order valence-electron chi connectivity index (χ4n) is 3.70. The molecule has 0 saturated heterocycles. The summed E-state index contributed by atoms with van der Waals surface area (Å²) in [5.74, 6) is -2.06. The highest BCUT2D eigenvalue weighted by molar-refractivity contribution is 5.93. The molecule has 43 heavy (non-hydrogen) atoms. The molecule has 1 aromatic carbocycles. The molecule has 0 heterocycles. The summed E-state index contributed by atoms with van der Waals surface area (Å²) in [4.78, 5) is 62.0. The molecule has 0 aromatic heterocycles. The number of ether oxygens (including phenoxy) is 3. The predicted molar refractivity (Wildman–Crippen MR) is 160 cm³/mol. The standard InChI is InChI=1S/C30H44N4O9/c1-7-11-23(27(37)38)33-25(35)22(12-9-10-17-31-28(39)43-30(3,4)5)32-26(36)24(34-29(40)41-6)19-20-13-15-21(16-14-20)42-18-8-2/h7-8,13-16,22-24H,1-2,9-12,17-19H2,3-6H3,(H,31,39)(H,32,36)(H,33,35)(H,34,40)(H,37,38)/t22-,23-,24-/m0/s1. The van der Waals surface area contributed by atoms with Crippen LogP contribution in [-0.4, -0.2) is 79.1 Å². The number of carboxylic acid groups (broad SMARTS) is 1. The first-order valence-corrected chi connectivity index (χ1v) is 13.9. The molecule has 0 aliphatic carbocycles. The lowest BCUT2D eigenvalue weighted by Crippen LogP contribution is -2.56. The second-order valence-corrected chi connectivity index (χ2v) is 10.5. The molecule has 0 aliphatic heterocycles. The van der Waals surface area contributed by atoms with Gasteiger partial charge in [0.25, 0.3) is 0 Å². The Kier molecular flexibility index (Phi) is 15.9. The summed E-state index contributed by atoms with van der Waals surface area (Å²) in [7, 11) is 1.16. The van der Waals surface area contributed by atoms with Crippen molar-refractivity contribution >= 4 is 30.0 Å². The van der Waals surface area contributed by atoms with Crippen molar-refractivity contribution in [3.05, 3.63) is 55.1 Å². The van der Waals surface area contributed by atoms with E-state index in [4.69, 9.17) is 9.47 Å². The molecule has 5 N–H and O–H groups in total. The molecule has 1 aromatic rings. The molecule has 13 heteroatoms. The predicted octanol–water partition coefficient (Wildman–Crippen LogP) is 2.84. The molecule has 0 aliphatic rings. The summed E-state index contributed by atoms with van der Waals surface area (Å²) in [5.41, 5.74) is 0.0356. The average Bonchev–Trinajstić information content (AvgIpc) is 2.94. The van der Waals surface area contributed by atoms with Crippen LogP contribution in [0.15, 0.2) is 49.6 Å². The number of carboxylic acids is 1. The SMILES string of the molecule is C=CCOc1ccc(C[C@H](NC(=O)OC)C(=O)N[C@@H](CCCCNC(=O)OC(C)(C)C)C(=O)N[C@@H](CC=C)C(=O)O)cc1. The summed E-state index contributed by atoms with van der Waals surface area (Å²) < 4.78 is 15.3. The van der Waals surface area contributed by atoms with Crippen molar-refractivity contribution < 1.29 is 43.3 Å². The summed E-state index contributed by atoms with van der Waals surface area (Å²) >= 11 is 0. The average molecular weight is 605 g/mol. The highest BCUT2D eigenvalue weighted by Gasteiger charge is 2.29. The number of aliphatic carboxylic acids is 1. The molecule has 4 amide bonds. The molecule has 0 saturated carbocycles. The minimum Gasteiger partial charge on any atom is -0.490 e. The van der Waals surface area contributed by atoms with Crippen LogP contribution in [0.25, 0.3) is 0 Å². The van der Waals surface area contributed by atoms with E-state index < -0.39 is 53.7 Å². The number of carbonyl (C=O) groups is 5. The van der Waals surface area contributed by atoms with E-state index in [0.717, 1.165) is 7.11 Å². The minimum atomic E-state index is -1.26. The Balaban J connectivity index is 3.02. The molecular formula is C30H44N4O9. The molecule has 0 bridgehead atoms. The summed E-state index contributed by atoms with van der Waals surface area (Å²) in [6.07, 6.45) is 2.51. The van der Waals surface area contributed by atoms with Crippen molar-refractivity contribution in [1.29, 1.82) is 0 Å². The smallest absolute Gasteiger partial charge is 0.407 e. The molecule has 13 nitrogen and oxygen atoms in total. The van der Waals surface area contributed by atoms with Gasteiger partial charge in [-0.2, -0.15) is 0 Å². The number of benzene rings is 1. The van der Waals surface area contributed by atoms with Crippen LogP contribution in [0.5, 0.6) is 5.75 Å². The third-order valence-electron chi connectivity index (χ3n) is 5.76. The zero-order valence-corrected chi connectivity index (χ0v) is 25.3. The summed E-state index contributed by atoms with van der Waals surface area (Å²) in [6.45, 7) is 12.9. The van der Waals surface area contributed by atoms with Crippen molar-refractivity contribution in [2.45, 2.75) is 76.6 Å². The molecule has 238 valence electrons. The van der Waals surface area contributed by atoms with Crippen LogP contribution in [0, 0.1) is 0 Å². The van der Waals surface area contributed by atoms with Gasteiger partial charge < -0.3 is 40.6 Å². The van der Waals surface area contributed by atoms with Crippen molar-refractivity contribution in [2.24, 2.45) is 0 Å². The van der Waals surface area contributed by atoms with Crippen LogP contribution in [0.3, 0.4) is 0 Å². The lowest BCUT2D eigenvalue weighted by atomic mass is 10.0. The number of amides is 4. The lowest BCUT2D eigenvalue weighted by Gasteiger charge is -2.24. The first-order valence-electron chi connectivity index (χ1n) is 13.9. The van der Waals surface area contributed by atoms with Gasteiger partial charge in [0.2, 0.25) is 11.8 Å². The van der Waals surface area contributed by atoms with E-state index in [0.29, 0.717) is 30.8 Å². The third kappa shape index (κ3) is 15.3. The zero-order valence-electron chi connectivity index (χ0n) is 25.3. The van der Waals surface area contributed by atoms with Gasteiger partial charge in [0.15, 0.2) is 0 Å². The number of alkyl carbamates (subject to hydrolysis) is 2. The zero-order chi connectivity index (χ0) is 32.4. The maximum absolute atomic E-state index is 13.4. The molecule has 1 rings (SSSR count). The van der Waals surface area contributed by atoms with Gasteiger partial charge >= 0.3 is 18.2 Å². The molecular weight excluding hydrogens is 560 g/mol. The Labute approximate surface area is 252 Å². The topological polar surface area (TPSA) is 181 Å². The van der Waals surface area contributed by atoms with E-state index in [1.54, 1.807) is 51.1 Å². The molecule has 0 unspecified atom stereocenters. The van der Waals surface area contributed by atoms with E-state index in [2.05, 4.69) is 39.2 Å². The second kappa shape index (κ2) is 18.8. The van der Waals surface area contributed by atoms with Gasteiger partial charge in [0.1, 0.15) is 36.1 Å². The van der Waals surface area contributed by atoms with Crippen LogP contribution in [0.2, 0.25) is 0 Å². The Hall–Kier alpha value is -4.55. The van der Waals surface area contributed by atoms with Crippen molar-refractivity contribution in [3.8, 4) is 5.75 Å². The molecule has 3 atom stereocenters. The Bertz CT molecular complexity index is 1100. The van der Waals surface area contributed by atoms with Gasteiger partial charge in [-0.1, -0.05) is 30.9 Å². The van der Waals surface area contributed by atoms with Crippen molar-refractivity contribution in [3.63, 3.8) is 0 Å². The number of hydrogen-bond donors (Lipinski definition) is 5. The first-order chi connectivity index (χ1) is 20.3. The maximum Gasteiger partial charge on any atom is 0.407 e. The van der Waals surface area contributed by atoms with Crippen LogP contribution < -0.4 is 26.0 Å². The molecule has 0 fully saturated rings. The fourth-order valence-corrected chi connectivity index (χ4v) is 3.70. The summed E-state index contributed by atoms with van der Waals surface area (Å²) in [6, 6.07) is 3.36. The van der Waals surface area contributed by atoms with Gasteiger partial charge in [-0.15, -0.1) is 6.58 Å². The van der Waals surface area contributed by atoms with E-state index in [-0.39, 0.29) is 25.8 Å². The highest BCUT2D eigenvalue weighted by atomic mass is 16.6. The van der Waals surface area contributed by atoms with Gasteiger partial charge in [-0.3, -0.25) is 9.59 Å². The maximum atomic E-state index is 13.4. The number of methoxy groups -OCH3 is 1. The lowest BCUT2D eigenvalue weighted by molar-refractivity contribution is -0.142. The Morgan fingerprint density at radius 1 is 0.884 bits per heavy atom. The van der Waals surface area contributed by atoms with E-state index in [9.17, 15) is 29.1 Å². The molecule has 0 spiro atoms. The van der Waals surface area contributed by atoms with E-state index in [1.165, 1.54) is 6.08 Å².